The fourth-order valence-corrected chi connectivity index (χ4v) is 4.62. The Balaban J connectivity index is 1.54. The predicted octanol–water partition coefficient (Wildman–Crippen LogP) is 3.59. The van der Waals surface area contributed by atoms with Crippen molar-refractivity contribution in [3.05, 3.63) is 65.5 Å². The number of aromatic nitrogens is 1. The lowest BCUT2D eigenvalue weighted by atomic mass is 9.94. The molecule has 31 heavy (non-hydrogen) atoms. The van der Waals surface area contributed by atoms with Gasteiger partial charge in [0.15, 0.2) is 0 Å². The van der Waals surface area contributed by atoms with E-state index in [1.54, 1.807) is 23.2 Å². The number of amides is 2. The summed E-state index contributed by atoms with van der Waals surface area (Å²) in [4.78, 5) is 34.4. The Morgan fingerprint density at radius 3 is 2.58 bits per heavy atom. The van der Waals surface area contributed by atoms with E-state index in [0.717, 1.165) is 31.2 Å². The topological polar surface area (TPSA) is 62.7 Å². The van der Waals surface area contributed by atoms with Gasteiger partial charge in [-0.1, -0.05) is 49.6 Å². The van der Waals surface area contributed by atoms with Crippen molar-refractivity contribution < 1.29 is 14.3 Å². The van der Waals surface area contributed by atoms with Gasteiger partial charge in [-0.15, -0.1) is 0 Å². The molecule has 0 unspecified atom stereocenters. The van der Waals surface area contributed by atoms with Crippen molar-refractivity contribution in [2.45, 2.75) is 57.8 Å². The van der Waals surface area contributed by atoms with Gasteiger partial charge in [0, 0.05) is 31.0 Å². The maximum Gasteiger partial charge on any atom is 0.256 e. The molecule has 2 aromatic rings. The van der Waals surface area contributed by atoms with Gasteiger partial charge in [-0.2, -0.15) is 0 Å². The lowest BCUT2D eigenvalue weighted by Gasteiger charge is -2.34. The summed E-state index contributed by atoms with van der Waals surface area (Å²) >= 11 is 0. The predicted molar refractivity (Wildman–Crippen MR) is 118 cm³/mol. The average molecular weight is 422 g/mol. The van der Waals surface area contributed by atoms with Crippen molar-refractivity contribution in [3.63, 3.8) is 0 Å². The van der Waals surface area contributed by atoms with E-state index in [1.165, 1.54) is 6.42 Å². The summed E-state index contributed by atoms with van der Waals surface area (Å²) in [6, 6.07) is 13.8. The molecule has 1 aromatic heterocycles. The van der Waals surface area contributed by atoms with Crippen LogP contribution in [0.3, 0.4) is 0 Å². The van der Waals surface area contributed by atoms with Crippen molar-refractivity contribution in [2.75, 3.05) is 19.6 Å². The molecule has 1 saturated heterocycles. The van der Waals surface area contributed by atoms with Crippen LogP contribution in [0.5, 0.6) is 0 Å². The lowest BCUT2D eigenvalue weighted by molar-refractivity contribution is -0.134. The molecular formula is C25H31N3O3. The summed E-state index contributed by atoms with van der Waals surface area (Å²) in [5, 5.41) is 0. The van der Waals surface area contributed by atoms with Gasteiger partial charge < -0.3 is 14.5 Å². The smallest absolute Gasteiger partial charge is 0.256 e. The quantitative estimate of drug-likeness (QED) is 0.740. The Hall–Kier alpha value is -2.73. The number of hydrogen-bond acceptors (Lipinski definition) is 4. The second-order valence-electron chi connectivity index (χ2n) is 8.58. The molecule has 2 fully saturated rings. The monoisotopic (exact) mass is 421 g/mol. The zero-order chi connectivity index (χ0) is 21.6. The highest BCUT2D eigenvalue weighted by Gasteiger charge is 2.35. The summed E-state index contributed by atoms with van der Waals surface area (Å²) in [5.74, 6) is -0.134. The van der Waals surface area contributed by atoms with Crippen LogP contribution in [0.25, 0.3) is 0 Å². The van der Waals surface area contributed by atoms with E-state index < -0.39 is 0 Å². The van der Waals surface area contributed by atoms with E-state index in [-0.39, 0.29) is 30.5 Å². The first kappa shape index (κ1) is 21.5. The number of hydrogen-bond donors (Lipinski definition) is 0. The Bertz CT molecular complexity index is 896. The molecule has 1 aliphatic carbocycles. The van der Waals surface area contributed by atoms with Gasteiger partial charge >= 0.3 is 0 Å². The Kier molecular flexibility index (Phi) is 6.97. The van der Waals surface area contributed by atoms with Crippen molar-refractivity contribution in [1.29, 1.82) is 0 Å². The van der Waals surface area contributed by atoms with Crippen LogP contribution in [0, 0.1) is 6.92 Å². The molecule has 2 amide bonds. The van der Waals surface area contributed by atoms with E-state index in [1.807, 2.05) is 42.2 Å². The number of carbonyl (C=O) groups excluding carboxylic acids is 2. The standard InChI is InChI=1S/C25H31N3O3/c1-19-23(13-8-14-26-19)25(30)27-15-22(31-18-20-9-4-2-5-10-20)16-28(24(29)17-27)21-11-6-3-7-12-21/h2,4-5,8-10,13-14,21-22H,3,6-7,11-12,15-18H2,1H3/t22-/m1/s1. The molecule has 1 aromatic carbocycles. The number of benzene rings is 1. The average Bonchev–Trinajstić information content (AvgIpc) is 2.97. The van der Waals surface area contributed by atoms with Crippen LogP contribution in [-0.2, 0) is 16.1 Å². The van der Waals surface area contributed by atoms with Crippen molar-refractivity contribution in [3.8, 4) is 0 Å². The zero-order valence-corrected chi connectivity index (χ0v) is 18.2. The van der Waals surface area contributed by atoms with Crippen molar-refractivity contribution >= 4 is 11.8 Å². The third kappa shape index (κ3) is 5.31. The minimum absolute atomic E-state index is 0.0209. The van der Waals surface area contributed by atoms with Crippen LogP contribution in [-0.4, -0.2) is 58.4 Å². The van der Waals surface area contributed by atoms with Crippen molar-refractivity contribution in [1.82, 2.24) is 14.8 Å². The van der Waals surface area contributed by atoms with E-state index in [0.29, 0.717) is 31.0 Å². The molecule has 1 aliphatic heterocycles. The van der Waals surface area contributed by atoms with E-state index in [2.05, 4.69) is 4.98 Å². The van der Waals surface area contributed by atoms with Gasteiger partial charge in [0.2, 0.25) is 5.91 Å². The summed E-state index contributed by atoms with van der Waals surface area (Å²) < 4.78 is 6.26. The fourth-order valence-electron chi connectivity index (χ4n) is 4.62. The first-order valence-corrected chi connectivity index (χ1v) is 11.3. The molecular weight excluding hydrogens is 390 g/mol. The summed E-state index contributed by atoms with van der Waals surface area (Å²) in [7, 11) is 0. The molecule has 6 nitrogen and oxygen atoms in total. The third-order valence-corrected chi connectivity index (χ3v) is 6.34. The van der Waals surface area contributed by atoms with E-state index >= 15 is 0 Å². The maximum atomic E-state index is 13.3. The molecule has 1 saturated carbocycles. The molecule has 1 atom stereocenters. The van der Waals surface area contributed by atoms with Gasteiger partial charge in [0.25, 0.3) is 5.91 Å². The highest BCUT2D eigenvalue weighted by molar-refractivity contribution is 5.97. The van der Waals surface area contributed by atoms with Gasteiger partial charge in [0.1, 0.15) is 6.54 Å². The Morgan fingerprint density at radius 1 is 1.06 bits per heavy atom. The minimum Gasteiger partial charge on any atom is -0.370 e. The Morgan fingerprint density at radius 2 is 1.84 bits per heavy atom. The highest BCUT2D eigenvalue weighted by atomic mass is 16.5. The second-order valence-corrected chi connectivity index (χ2v) is 8.58. The number of nitrogens with zero attached hydrogens (tertiary/aromatic N) is 3. The number of pyridine rings is 1. The molecule has 6 heteroatoms. The van der Waals surface area contributed by atoms with Crippen molar-refractivity contribution in [2.24, 2.45) is 0 Å². The van der Waals surface area contributed by atoms with Gasteiger partial charge in [-0.25, -0.2) is 0 Å². The third-order valence-electron chi connectivity index (χ3n) is 6.34. The van der Waals surface area contributed by atoms with Gasteiger partial charge in [-0.05, 0) is 37.5 Å². The molecule has 4 rings (SSSR count). The molecule has 0 spiro atoms. The second kappa shape index (κ2) is 10.1. The molecule has 2 aliphatic rings. The number of carbonyl (C=O) groups is 2. The minimum atomic E-state index is -0.227. The first-order chi connectivity index (χ1) is 15.1. The van der Waals surface area contributed by atoms with Crippen LogP contribution in [0.4, 0.5) is 0 Å². The van der Waals surface area contributed by atoms with E-state index in [9.17, 15) is 9.59 Å². The lowest BCUT2D eigenvalue weighted by Crippen LogP contribution is -2.46. The largest absolute Gasteiger partial charge is 0.370 e. The van der Waals surface area contributed by atoms with Crippen LogP contribution in [0.15, 0.2) is 48.7 Å². The number of ether oxygens (including phenoxy) is 1. The van der Waals surface area contributed by atoms with Crippen LogP contribution >= 0.6 is 0 Å². The maximum absolute atomic E-state index is 13.3. The highest BCUT2D eigenvalue weighted by Crippen LogP contribution is 2.25. The van der Waals surface area contributed by atoms with Crippen LogP contribution in [0.2, 0.25) is 0 Å². The summed E-state index contributed by atoms with van der Waals surface area (Å²) in [6.45, 7) is 3.31. The van der Waals surface area contributed by atoms with Crippen LogP contribution in [0.1, 0.15) is 53.7 Å². The van der Waals surface area contributed by atoms with Crippen LogP contribution < -0.4 is 0 Å². The van der Waals surface area contributed by atoms with Gasteiger partial charge in [0.05, 0.1) is 18.3 Å². The molecule has 0 radical (unpaired) electrons. The van der Waals surface area contributed by atoms with E-state index in [4.69, 9.17) is 4.74 Å². The molecule has 2 heterocycles. The fraction of sp³-hybridized carbons (Fsp3) is 0.480. The molecule has 164 valence electrons. The SMILES string of the molecule is Cc1ncccc1C(=O)N1CC(=O)N(C2CCCCC2)C[C@H](OCc2ccccc2)C1. The molecule has 0 bridgehead atoms. The normalized spacial score (nSPS) is 20.5. The summed E-state index contributed by atoms with van der Waals surface area (Å²) in [5.41, 5.74) is 2.31. The molecule has 0 N–H and O–H groups in total. The number of rotatable bonds is 5. The first-order valence-electron chi connectivity index (χ1n) is 11.3. The summed E-state index contributed by atoms with van der Waals surface area (Å²) in [6.07, 6.45) is 7.06. The Labute approximate surface area is 184 Å². The zero-order valence-electron chi connectivity index (χ0n) is 18.2. The number of aryl methyl sites for hydroxylation is 1. The van der Waals surface area contributed by atoms with Gasteiger partial charge in [-0.3, -0.25) is 14.6 Å².